The van der Waals surface area contributed by atoms with Crippen molar-refractivity contribution in [2.45, 2.75) is 20.0 Å². The maximum absolute atomic E-state index is 13.0. The Kier molecular flexibility index (Phi) is 6.58. The molecule has 1 fully saturated rings. The van der Waals surface area contributed by atoms with Gasteiger partial charge in [0.25, 0.3) is 11.1 Å². The number of amides is 3. The molecule has 3 aromatic rings. The number of carbonyl (C=O) groups excluding carboxylic acids is 3. The number of furan rings is 1. The lowest BCUT2D eigenvalue weighted by Crippen LogP contribution is -2.36. The lowest BCUT2D eigenvalue weighted by molar-refractivity contribution is -0.137. The molecule has 0 radical (unpaired) electrons. The molecule has 1 aromatic heterocycles. The van der Waals surface area contributed by atoms with Crippen LogP contribution in [0.4, 0.5) is 23.7 Å². The number of hydrogen-bond donors (Lipinski definition) is 1. The van der Waals surface area contributed by atoms with E-state index in [0.29, 0.717) is 17.4 Å². The summed E-state index contributed by atoms with van der Waals surface area (Å²) in [5, 5.41) is 2.13. The maximum Gasteiger partial charge on any atom is 0.416 e. The molecule has 1 N–H and O–H groups in total. The average Bonchev–Trinajstić information content (AvgIpc) is 3.36. The molecule has 0 saturated carbocycles. The number of hydrogen-bond acceptors (Lipinski definition) is 5. The molecule has 180 valence electrons. The van der Waals surface area contributed by atoms with Crippen LogP contribution < -0.4 is 5.32 Å². The van der Waals surface area contributed by atoms with Gasteiger partial charge in [-0.1, -0.05) is 30.3 Å². The van der Waals surface area contributed by atoms with Crippen LogP contribution in [0.1, 0.15) is 22.5 Å². The Hall–Kier alpha value is -3.79. The van der Waals surface area contributed by atoms with Crippen molar-refractivity contribution in [1.29, 1.82) is 0 Å². The molecule has 10 heteroatoms. The Bertz CT molecular complexity index is 1340. The van der Waals surface area contributed by atoms with Crippen molar-refractivity contribution < 1.29 is 32.0 Å². The third-order valence-electron chi connectivity index (χ3n) is 5.30. The standard InChI is InChI=1S/C25H19F3N2O4S/c1-14-5-3-6-15(2)22(14)29-21(31)13-30-23(32)20(35-24(30)33)12-18-9-10-19(34-18)16-7-4-8-17(11-16)25(26,27)28/h3-12H,13H2,1-2H3,(H,29,31)/b20-12+. The first-order valence-corrected chi connectivity index (χ1v) is 11.2. The van der Waals surface area contributed by atoms with Crippen LogP contribution in [0, 0.1) is 13.8 Å². The molecule has 0 atom stereocenters. The van der Waals surface area contributed by atoms with Crippen LogP contribution in [0.5, 0.6) is 0 Å². The molecule has 0 spiro atoms. The summed E-state index contributed by atoms with van der Waals surface area (Å²) in [6.07, 6.45) is -3.17. The van der Waals surface area contributed by atoms with Crippen molar-refractivity contribution >= 4 is 40.6 Å². The van der Waals surface area contributed by atoms with E-state index in [1.165, 1.54) is 30.3 Å². The molecular formula is C25H19F3N2O4S. The van der Waals surface area contributed by atoms with Gasteiger partial charge in [0, 0.05) is 17.3 Å². The van der Waals surface area contributed by atoms with Crippen molar-refractivity contribution in [3.63, 3.8) is 0 Å². The molecule has 1 aliphatic rings. The molecule has 1 saturated heterocycles. The van der Waals surface area contributed by atoms with Gasteiger partial charge in [0.05, 0.1) is 10.5 Å². The van der Waals surface area contributed by atoms with Crippen LogP contribution in [0.3, 0.4) is 0 Å². The monoisotopic (exact) mass is 500 g/mol. The minimum atomic E-state index is -4.49. The van der Waals surface area contributed by atoms with Gasteiger partial charge in [-0.05, 0) is 61.0 Å². The lowest BCUT2D eigenvalue weighted by Gasteiger charge is -2.15. The van der Waals surface area contributed by atoms with Crippen LogP contribution in [-0.4, -0.2) is 28.5 Å². The molecule has 2 heterocycles. The van der Waals surface area contributed by atoms with Crippen molar-refractivity contribution in [3.05, 3.63) is 82.0 Å². The van der Waals surface area contributed by atoms with Gasteiger partial charge in [0.1, 0.15) is 18.1 Å². The normalized spacial score (nSPS) is 15.2. The number of anilines is 1. The highest BCUT2D eigenvalue weighted by Crippen LogP contribution is 2.35. The van der Waals surface area contributed by atoms with Gasteiger partial charge in [0.15, 0.2) is 0 Å². The number of thioether (sulfide) groups is 1. The molecule has 35 heavy (non-hydrogen) atoms. The molecule has 1 aliphatic heterocycles. The predicted molar refractivity (Wildman–Crippen MR) is 126 cm³/mol. The molecule has 0 aliphatic carbocycles. The van der Waals surface area contributed by atoms with E-state index in [4.69, 9.17) is 4.42 Å². The summed E-state index contributed by atoms with van der Waals surface area (Å²) in [5.74, 6) is -0.818. The number of nitrogens with one attached hydrogen (secondary N) is 1. The number of alkyl halides is 3. The summed E-state index contributed by atoms with van der Waals surface area (Å²) in [7, 11) is 0. The smallest absolute Gasteiger partial charge is 0.416 e. The van der Waals surface area contributed by atoms with E-state index in [1.54, 1.807) is 0 Å². The average molecular weight is 500 g/mol. The fourth-order valence-electron chi connectivity index (χ4n) is 3.53. The predicted octanol–water partition coefficient (Wildman–Crippen LogP) is 6.26. The van der Waals surface area contributed by atoms with E-state index in [9.17, 15) is 27.6 Å². The molecule has 6 nitrogen and oxygen atoms in total. The maximum atomic E-state index is 13.0. The number of imide groups is 1. The minimum absolute atomic E-state index is 0.0415. The number of para-hydroxylation sites is 1. The van der Waals surface area contributed by atoms with Gasteiger partial charge < -0.3 is 9.73 Å². The Labute approximate surface area is 202 Å². The Morgan fingerprint density at radius 1 is 1.06 bits per heavy atom. The zero-order valence-corrected chi connectivity index (χ0v) is 19.4. The quantitative estimate of drug-likeness (QED) is 0.419. The van der Waals surface area contributed by atoms with Crippen LogP contribution in [0.15, 0.2) is 63.9 Å². The highest BCUT2D eigenvalue weighted by atomic mass is 32.2. The van der Waals surface area contributed by atoms with Crippen molar-refractivity contribution in [1.82, 2.24) is 4.90 Å². The Morgan fingerprint density at radius 2 is 1.74 bits per heavy atom. The summed E-state index contributed by atoms with van der Waals surface area (Å²) in [4.78, 5) is 38.5. The van der Waals surface area contributed by atoms with Crippen molar-refractivity contribution in [2.24, 2.45) is 0 Å². The fraction of sp³-hybridized carbons (Fsp3) is 0.160. The van der Waals surface area contributed by atoms with Crippen LogP contribution in [0.25, 0.3) is 17.4 Å². The summed E-state index contributed by atoms with van der Waals surface area (Å²) in [6.45, 7) is 3.22. The second kappa shape index (κ2) is 9.46. The molecular weight excluding hydrogens is 481 g/mol. The van der Waals surface area contributed by atoms with Gasteiger partial charge in [-0.3, -0.25) is 19.3 Å². The number of benzene rings is 2. The SMILES string of the molecule is Cc1cccc(C)c1NC(=O)CN1C(=O)S/C(=C/c2ccc(-c3cccc(C(F)(F)F)c3)o2)C1=O. The summed E-state index contributed by atoms with van der Waals surface area (Å²) in [5.41, 5.74) is 1.73. The second-order valence-electron chi connectivity index (χ2n) is 7.86. The fourth-order valence-corrected chi connectivity index (χ4v) is 4.35. The largest absolute Gasteiger partial charge is 0.457 e. The summed E-state index contributed by atoms with van der Waals surface area (Å²) in [6, 6.07) is 13.2. The molecule has 2 aromatic carbocycles. The minimum Gasteiger partial charge on any atom is -0.457 e. The van der Waals surface area contributed by atoms with E-state index < -0.39 is 35.3 Å². The number of halogens is 3. The number of rotatable bonds is 5. The van der Waals surface area contributed by atoms with E-state index in [0.717, 1.165) is 28.2 Å². The lowest BCUT2D eigenvalue weighted by atomic mass is 10.1. The van der Waals surface area contributed by atoms with E-state index in [-0.39, 0.29) is 22.0 Å². The van der Waals surface area contributed by atoms with Gasteiger partial charge in [-0.2, -0.15) is 13.2 Å². The molecule has 3 amide bonds. The highest BCUT2D eigenvalue weighted by molar-refractivity contribution is 8.18. The van der Waals surface area contributed by atoms with Gasteiger partial charge in [-0.25, -0.2) is 0 Å². The van der Waals surface area contributed by atoms with Gasteiger partial charge in [0.2, 0.25) is 5.91 Å². The zero-order chi connectivity index (χ0) is 25.3. The third-order valence-corrected chi connectivity index (χ3v) is 6.20. The van der Waals surface area contributed by atoms with Crippen molar-refractivity contribution in [3.8, 4) is 11.3 Å². The summed E-state index contributed by atoms with van der Waals surface area (Å²) < 4.78 is 44.5. The van der Waals surface area contributed by atoms with E-state index in [2.05, 4.69) is 5.32 Å². The first-order chi connectivity index (χ1) is 16.5. The van der Waals surface area contributed by atoms with Gasteiger partial charge >= 0.3 is 6.18 Å². The topological polar surface area (TPSA) is 79.6 Å². The molecule has 0 bridgehead atoms. The van der Waals surface area contributed by atoms with Crippen LogP contribution in [-0.2, 0) is 15.8 Å². The number of nitrogens with zero attached hydrogens (tertiary/aromatic N) is 1. The van der Waals surface area contributed by atoms with Crippen LogP contribution in [0.2, 0.25) is 0 Å². The van der Waals surface area contributed by atoms with E-state index >= 15 is 0 Å². The summed E-state index contributed by atoms with van der Waals surface area (Å²) >= 11 is 0.652. The molecule has 0 unspecified atom stereocenters. The second-order valence-corrected chi connectivity index (χ2v) is 8.86. The zero-order valence-electron chi connectivity index (χ0n) is 18.6. The number of aryl methyl sites for hydroxylation is 2. The Morgan fingerprint density at radius 3 is 2.43 bits per heavy atom. The van der Waals surface area contributed by atoms with Crippen LogP contribution >= 0.6 is 11.8 Å². The van der Waals surface area contributed by atoms with Gasteiger partial charge in [-0.15, -0.1) is 0 Å². The van der Waals surface area contributed by atoms with Crippen molar-refractivity contribution in [2.75, 3.05) is 11.9 Å². The number of carbonyl (C=O) groups is 3. The Balaban J connectivity index is 1.48. The van der Waals surface area contributed by atoms with E-state index in [1.807, 2.05) is 32.0 Å². The third kappa shape index (κ3) is 5.32. The first kappa shape index (κ1) is 24.3. The molecule has 4 rings (SSSR count). The first-order valence-electron chi connectivity index (χ1n) is 10.4. The highest BCUT2D eigenvalue weighted by Gasteiger charge is 2.36.